The Hall–Kier alpha value is -3.80. The van der Waals surface area contributed by atoms with Crippen LogP contribution in [0.1, 0.15) is 5.69 Å². The molecule has 2 N–H and O–H groups in total. The summed E-state index contributed by atoms with van der Waals surface area (Å²) in [6.45, 7) is 1.80. The molecule has 0 saturated carbocycles. The van der Waals surface area contributed by atoms with Crippen LogP contribution in [0.25, 0.3) is 16.5 Å². The fraction of sp³-hybridized carbons (Fsp3) is 0.0909. The predicted molar refractivity (Wildman–Crippen MR) is 112 cm³/mol. The molecule has 0 unspecified atom stereocenters. The Balaban J connectivity index is 1.60. The zero-order valence-electron chi connectivity index (χ0n) is 15.6. The average molecular weight is 372 g/mol. The first-order chi connectivity index (χ1) is 13.5. The van der Waals surface area contributed by atoms with Gasteiger partial charge < -0.3 is 10.6 Å². The molecular formula is C22H20N4O2. The van der Waals surface area contributed by atoms with Crippen molar-refractivity contribution in [1.29, 1.82) is 0 Å². The summed E-state index contributed by atoms with van der Waals surface area (Å²) in [5.74, 6) is 0. The van der Waals surface area contributed by atoms with Crippen molar-refractivity contribution in [2.24, 2.45) is 7.05 Å². The van der Waals surface area contributed by atoms with Crippen LogP contribution in [-0.2, 0) is 7.05 Å². The molecule has 0 aliphatic heterocycles. The number of para-hydroxylation sites is 1. The van der Waals surface area contributed by atoms with Crippen LogP contribution in [0.4, 0.5) is 16.2 Å². The standard InChI is InChI=1S/C22H20N4O2/c1-15-20(21(27)26(25(15)2)19-10-4-3-5-11-19)24-22(28)23-18-13-12-16-8-6-7-9-17(16)14-18/h3-14H,1-2H3,(H2,23,24,28). The van der Waals surface area contributed by atoms with Gasteiger partial charge in [0.2, 0.25) is 0 Å². The first-order valence-corrected chi connectivity index (χ1v) is 8.95. The molecule has 4 aromatic rings. The molecular weight excluding hydrogens is 352 g/mol. The summed E-state index contributed by atoms with van der Waals surface area (Å²) in [6, 6.07) is 22.5. The number of fused-ring (bicyclic) bond motifs is 1. The third kappa shape index (κ3) is 3.16. The summed E-state index contributed by atoms with van der Waals surface area (Å²) < 4.78 is 3.25. The number of hydrogen-bond acceptors (Lipinski definition) is 2. The predicted octanol–water partition coefficient (Wildman–Crippen LogP) is 4.28. The zero-order chi connectivity index (χ0) is 19.7. The van der Waals surface area contributed by atoms with Gasteiger partial charge in [0.05, 0.1) is 11.4 Å². The molecule has 2 amide bonds. The molecule has 0 aliphatic rings. The lowest BCUT2D eigenvalue weighted by molar-refractivity contribution is 0.262. The van der Waals surface area contributed by atoms with Crippen molar-refractivity contribution in [2.75, 3.05) is 10.6 Å². The number of nitrogens with zero attached hydrogens (tertiary/aromatic N) is 2. The van der Waals surface area contributed by atoms with E-state index in [1.807, 2.05) is 72.8 Å². The fourth-order valence-corrected chi connectivity index (χ4v) is 3.26. The maximum absolute atomic E-state index is 12.9. The van der Waals surface area contributed by atoms with Gasteiger partial charge in [-0.05, 0) is 42.0 Å². The number of nitrogens with one attached hydrogen (secondary N) is 2. The molecule has 0 atom stereocenters. The van der Waals surface area contributed by atoms with E-state index in [4.69, 9.17) is 0 Å². The van der Waals surface area contributed by atoms with Gasteiger partial charge in [0.15, 0.2) is 0 Å². The molecule has 6 heteroatoms. The van der Waals surface area contributed by atoms with Gasteiger partial charge in [-0.3, -0.25) is 9.48 Å². The number of benzene rings is 3. The lowest BCUT2D eigenvalue weighted by Gasteiger charge is -2.08. The second kappa shape index (κ2) is 7.08. The van der Waals surface area contributed by atoms with Crippen LogP contribution in [-0.4, -0.2) is 15.4 Å². The minimum absolute atomic E-state index is 0.254. The SMILES string of the molecule is Cc1c(NC(=O)Nc2ccc3ccccc3c2)c(=O)n(-c2ccccc2)n1C. The Bertz CT molecular complexity index is 1220. The van der Waals surface area contributed by atoms with E-state index in [-0.39, 0.29) is 11.2 Å². The smallest absolute Gasteiger partial charge is 0.308 e. The number of amides is 2. The van der Waals surface area contributed by atoms with Crippen LogP contribution in [0.3, 0.4) is 0 Å². The van der Waals surface area contributed by atoms with Crippen LogP contribution in [0, 0.1) is 6.92 Å². The maximum atomic E-state index is 12.9. The average Bonchev–Trinajstić information content (AvgIpc) is 2.92. The number of carbonyl (C=O) groups excluding carboxylic acids is 1. The Kier molecular flexibility index (Phi) is 4.45. The summed E-state index contributed by atoms with van der Waals surface area (Å²) in [5.41, 5.74) is 2.04. The first-order valence-electron chi connectivity index (χ1n) is 8.95. The van der Waals surface area contributed by atoms with Gasteiger partial charge in [-0.25, -0.2) is 9.48 Å². The van der Waals surface area contributed by atoms with Crippen LogP contribution in [0.5, 0.6) is 0 Å². The van der Waals surface area contributed by atoms with Crippen LogP contribution in [0.15, 0.2) is 77.6 Å². The van der Waals surface area contributed by atoms with Gasteiger partial charge >= 0.3 is 6.03 Å². The zero-order valence-corrected chi connectivity index (χ0v) is 15.6. The molecule has 4 rings (SSSR count). The molecule has 28 heavy (non-hydrogen) atoms. The monoisotopic (exact) mass is 372 g/mol. The third-order valence-electron chi connectivity index (χ3n) is 4.80. The highest BCUT2D eigenvalue weighted by molar-refractivity contribution is 6.01. The van der Waals surface area contributed by atoms with Crippen molar-refractivity contribution >= 4 is 28.2 Å². The van der Waals surface area contributed by atoms with E-state index in [0.717, 1.165) is 16.5 Å². The van der Waals surface area contributed by atoms with E-state index in [0.29, 0.717) is 11.4 Å². The van der Waals surface area contributed by atoms with Gasteiger partial charge in [-0.1, -0.05) is 48.5 Å². The second-order valence-electron chi connectivity index (χ2n) is 6.58. The lowest BCUT2D eigenvalue weighted by Crippen LogP contribution is -2.25. The maximum Gasteiger partial charge on any atom is 0.323 e. The summed E-state index contributed by atoms with van der Waals surface area (Å²) >= 11 is 0. The van der Waals surface area contributed by atoms with Gasteiger partial charge in [0.25, 0.3) is 5.56 Å². The highest BCUT2D eigenvalue weighted by Crippen LogP contribution is 2.19. The van der Waals surface area contributed by atoms with Crippen molar-refractivity contribution in [2.45, 2.75) is 6.92 Å². The number of carbonyl (C=O) groups is 1. The number of anilines is 2. The van der Waals surface area contributed by atoms with Gasteiger partial charge in [-0.15, -0.1) is 0 Å². The quantitative estimate of drug-likeness (QED) is 0.564. The van der Waals surface area contributed by atoms with Gasteiger partial charge in [0.1, 0.15) is 5.69 Å². The van der Waals surface area contributed by atoms with Crippen molar-refractivity contribution in [3.8, 4) is 5.69 Å². The lowest BCUT2D eigenvalue weighted by atomic mass is 10.1. The fourth-order valence-electron chi connectivity index (χ4n) is 3.26. The number of urea groups is 1. The van der Waals surface area contributed by atoms with E-state index in [1.165, 1.54) is 4.68 Å². The third-order valence-corrected chi connectivity index (χ3v) is 4.80. The largest absolute Gasteiger partial charge is 0.323 e. The molecule has 6 nitrogen and oxygen atoms in total. The van der Waals surface area contributed by atoms with Gasteiger partial charge in [0, 0.05) is 12.7 Å². The van der Waals surface area contributed by atoms with E-state index in [2.05, 4.69) is 10.6 Å². The first kappa shape index (κ1) is 17.6. The molecule has 0 spiro atoms. The Morgan fingerprint density at radius 1 is 0.857 bits per heavy atom. The normalized spacial score (nSPS) is 10.8. The Morgan fingerprint density at radius 3 is 2.29 bits per heavy atom. The Labute approximate surface area is 162 Å². The molecule has 140 valence electrons. The van der Waals surface area contributed by atoms with Crippen molar-refractivity contribution in [3.05, 3.63) is 88.8 Å². The van der Waals surface area contributed by atoms with Crippen LogP contribution >= 0.6 is 0 Å². The summed E-state index contributed by atoms with van der Waals surface area (Å²) in [7, 11) is 1.79. The molecule has 0 saturated heterocycles. The van der Waals surface area contributed by atoms with E-state index in [9.17, 15) is 9.59 Å². The number of hydrogen-bond donors (Lipinski definition) is 2. The number of aromatic nitrogens is 2. The molecule has 3 aromatic carbocycles. The van der Waals surface area contributed by atoms with Crippen molar-refractivity contribution in [1.82, 2.24) is 9.36 Å². The van der Waals surface area contributed by atoms with Crippen LogP contribution < -0.4 is 16.2 Å². The molecule has 1 aromatic heterocycles. The molecule has 0 radical (unpaired) electrons. The van der Waals surface area contributed by atoms with Crippen molar-refractivity contribution < 1.29 is 4.79 Å². The van der Waals surface area contributed by atoms with Crippen molar-refractivity contribution in [3.63, 3.8) is 0 Å². The number of rotatable bonds is 3. The van der Waals surface area contributed by atoms with E-state index < -0.39 is 6.03 Å². The minimum atomic E-state index is -0.457. The highest BCUT2D eigenvalue weighted by Gasteiger charge is 2.18. The van der Waals surface area contributed by atoms with Crippen LogP contribution in [0.2, 0.25) is 0 Å². The highest BCUT2D eigenvalue weighted by atomic mass is 16.2. The second-order valence-corrected chi connectivity index (χ2v) is 6.58. The summed E-state index contributed by atoms with van der Waals surface area (Å²) in [6.07, 6.45) is 0. The summed E-state index contributed by atoms with van der Waals surface area (Å²) in [5, 5.41) is 7.63. The van der Waals surface area contributed by atoms with E-state index in [1.54, 1.807) is 18.7 Å². The van der Waals surface area contributed by atoms with Gasteiger partial charge in [-0.2, -0.15) is 0 Å². The molecule has 0 fully saturated rings. The minimum Gasteiger partial charge on any atom is -0.308 e. The molecule has 1 heterocycles. The summed E-state index contributed by atoms with van der Waals surface area (Å²) in [4.78, 5) is 25.4. The molecule has 0 bridgehead atoms. The Morgan fingerprint density at radius 2 is 1.54 bits per heavy atom. The molecule has 0 aliphatic carbocycles. The topological polar surface area (TPSA) is 68.1 Å². The van der Waals surface area contributed by atoms with E-state index >= 15 is 0 Å².